The minimum Gasteiger partial charge on any atom is -0.363 e. The Bertz CT molecular complexity index is 943. The number of primary amides is 1. The van der Waals surface area contributed by atoms with Crippen LogP contribution >= 0.6 is 0 Å². The van der Waals surface area contributed by atoms with Crippen LogP contribution in [0.1, 0.15) is 74.7 Å². The smallest absolute Gasteiger partial charge is 0.315 e. The molecule has 10 nitrogen and oxygen atoms in total. The maximum Gasteiger partial charge on any atom is 0.315 e. The molecule has 0 aromatic carbocycles. The van der Waals surface area contributed by atoms with E-state index in [1.165, 1.54) is 0 Å². The number of hydrogen-bond acceptors (Lipinski definition) is 5. The fourth-order valence-electron chi connectivity index (χ4n) is 5.48. The molecular weight excluding hydrogens is 462 g/mol. The number of carbonyl (C=O) groups is 5. The highest BCUT2D eigenvalue weighted by Gasteiger charge is 2.70. The normalized spacial score (nSPS) is 26.3. The number of ketones is 1. The molecule has 1 heterocycles. The molecule has 1 saturated heterocycles. The van der Waals surface area contributed by atoms with Crippen molar-refractivity contribution in [3.05, 3.63) is 0 Å². The lowest BCUT2D eigenvalue weighted by atomic mass is 9.85. The van der Waals surface area contributed by atoms with Crippen LogP contribution in [0.5, 0.6) is 0 Å². The molecule has 3 fully saturated rings. The summed E-state index contributed by atoms with van der Waals surface area (Å²) in [6.07, 6.45) is 2.25. The van der Waals surface area contributed by atoms with Gasteiger partial charge in [0.2, 0.25) is 17.6 Å². The Morgan fingerprint density at radius 1 is 1.00 bits per heavy atom. The number of nitrogens with two attached hydrogens (primary N) is 1. The minimum atomic E-state index is -1.08. The van der Waals surface area contributed by atoms with Gasteiger partial charge in [-0.1, -0.05) is 47.5 Å². The zero-order valence-electron chi connectivity index (χ0n) is 22.9. The Labute approximate surface area is 213 Å². The predicted octanol–water partition coefficient (Wildman–Crippen LogP) is 1.32. The van der Waals surface area contributed by atoms with E-state index in [0.29, 0.717) is 13.0 Å². The average molecular weight is 506 g/mol. The van der Waals surface area contributed by atoms with Crippen LogP contribution in [0.15, 0.2) is 0 Å². The van der Waals surface area contributed by atoms with Crippen molar-refractivity contribution in [3.8, 4) is 0 Å². The number of carbonyl (C=O) groups excluding carboxylic acids is 5. The number of likely N-dealkylation sites (tertiary alicyclic amines) is 1. The van der Waals surface area contributed by atoms with Gasteiger partial charge >= 0.3 is 6.03 Å². The second-order valence-corrected chi connectivity index (χ2v) is 13.5. The Hall–Kier alpha value is -2.65. The van der Waals surface area contributed by atoms with Gasteiger partial charge in [0.15, 0.2) is 0 Å². The standard InChI is InChI=1S/C26H43N5O5/c1-24(2,3)19(29-23(36)30-25(4,5)6)22(35)31-12-14-16(26(14,7)8)17(31)21(34)28-15(11-13-9-10-13)18(32)20(27)33/h13-17,19H,9-12H2,1-8H3,(H2,27,33)(H,28,34)(H2,29,30,36)/t14?,15?,16-,17-,19+/m0/s1. The van der Waals surface area contributed by atoms with Crippen LogP contribution in [0.2, 0.25) is 0 Å². The lowest BCUT2D eigenvalue weighted by Crippen LogP contribution is -2.62. The number of urea groups is 1. The summed E-state index contributed by atoms with van der Waals surface area (Å²) in [6.45, 7) is 15.7. The third kappa shape index (κ3) is 6.00. The molecule has 5 amide bonds. The van der Waals surface area contributed by atoms with Gasteiger partial charge in [0, 0.05) is 12.1 Å². The topological polar surface area (TPSA) is 151 Å². The molecule has 0 radical (unpaired) electrons. The van der Waals surface area contributed by atoms with Gasteiger partial charge < -0.3 is 26.6 Å². The fourth-order valence-corrected chi connectivity index (χ4v) is 5.48. The number of fused-ring (bicyclic) bond motifs is 1. The van der Waals surface area contributed by atoms with Crippen molar-refractivity contribution in [3.63, 3.8) is 0 Å². The molecule has 0 spiro atoms. The molecule has 202 valence electrons. The minimum absolute atomic E-state index is 0.0734. The molecule has 0 bridgehead atoms. The van der Waals surface area contributed by atoms with E-state index in [0.717, 1.165) is 12.8 Å². The lowest BCUT2D eigenvalue weighted by Gasteiger charge is -2.38. The number of nitrogens with one attached hydrogen (secondary N) is 3. The van der Waals surface area contributed by atoms with E-state index in [4.69, 9.17) is 5.73 Å². The van der Waals surface area contributed by atoms with Gasteiger partial charge in [0.05, 0.1) is 6.04 Å². The van der Waals surface area contributed by atoms with Crippen molar-refractivity contribution < 1.29 is 24.0 Å². The third-order valence-corrected chi connectivity index (χ3v) is 7.78. The third-order valence-electron chi connectivity index (χ3n) is 7.78. The zero-order valence-corrected chi connectivity index (χ0v) is 22.9. The van der Waals surface area contributed by atoms with Crippen LogP contribution in [0.25, 0.3) is 0 Å². The van der Waals surface area contributed by atoms with Gasteiger partial charge in [0.25, 0.3) is 5.91 Å². The summed E-state index contributed by atoms with van der Waals surface area (Å²) in [5, 5.41) is 8.40. The van der Waals surface area contributed by atoms with Gasteiger partial charge in [-0.15, -0.1) is 0 Å². The van der Waals surface area contributed by atoms with Gasteiger partial charge in [-0.05, 0) is 55.8 Å². The van der Waals surface area contributed by atoms with E-state index < -0.39 is 52.7 Å². The molecular formula is C26H43N5O5. The quantitative estimate of drug-likeness (QED) is 0.367. The highest BCUT2D eigenvalue weighted by molar-refractivity contribution is 6.37. The average Bonchev–Trinajstić information content (AvgIpc) is 3.55. The van der Waals surface area contributed by atoms with Gasteiger partial charge in [-0.25, -0.2) is 4.79 Å². The summed E-state index contributed by atoms with van der Waals surface area (Å²) < 4.78 is 0. The summed E-state index contributed by atoms with van der Waals surface area (Å²) in [4.78, 5) is 65.7. The first-order valence-corrected chi connectivity index (χ1v) is 12.9. The van der Waals surface area contributed by atoms with Crippen molar-refractivity contribution >= 4 is 29.5 Å². The molecule has 0 aromatic heterocycles. The van der Waals surface area contributed by atoms with Crippen molar-refractivity contribution in [2.75, 3.05) is 6.54 Å². The molecule has 3 aliphatic rings. The van der Waals surface area contributed by atoms with Crippen LogP contribution in [-0.4, -0.2) is 64.6 Å². The van der Waals surface area contributed by atoms with Crippen molar-refractivity contribution in [2.24, 2.45) is 34.3 Å². The van der Waals surface area contributed by atoms with E-state index in [1.807, 2.05) is 41.5 Å². The molecule has 2 unspecified atom stereocenters. The van der Waals surface area contributed by atoms with E-state index >= 15 is 0 Å². The van der Waals surface area contributed by atoms with E-state index in [1.54, 1.807) is 4.90 Å². The molecule has 36 heavy (non-hydrogen) atoms. The van der Waals surface area contributed by atoms with Gasteiger partial charge in [-0.2, -0.15) is 0 Å². The van der Waals surface area contributed by atoms with Crippen LogP contribution in [0.3, 0.4) is 0 Å². The van der Waals surface area contributed by atoms with E-state index in [9.17, 15) is 24.0 Å². The Morgan fingerprint density at radius 3 is 2.06 bits per heavy atom. The fraction of sp³-hybridized carbons (Fsp3) is 0.808. The number of rotatable bonds is 8. The second-order valence-electron chi connectivity index (χ2n) is 13.5. The summed E-state index contributed by atoms with van der Waals surface area (Å²) in [5.41, 5.74) is 4.01. The Kier molecular flexibility index (Phi) is 7.24. The van der Waals surface area contributed by atoms with Crippen molar-refractivity contribution in [2.45, 2.75) is 98.3 Å². The summed E-state index contributed by atoms with van der Waals surface area (Å²) in [7, 11) is 0. The first-order chi connectivity index (χ1) is 16.3. The lowest BCUT2D eigenvalue weighted by molar-refractivity contribution is -0.145. The number of amides is 5. The van der Waals surface area contributed by atoms with Crippen LogP contribution in [-0.2, 0) is 19.2 Å². The monoisotopic (exact) mass is 505 g/mol. The zero-order chi connectivity index (χ0) is 27.4. The maximum absolute atomic E-state index is 13.9. The number of piperidine rings is 1. The van der Waals surface area contributed by atoms with Crippen LogP contribution in [0, 0.1) is 28.6 Å². The molecule has 0 aromatic rings. The predicted molar refractivity (Wildman–Crippen MR) is 134 cm³/mol. The SMILES string of the molecule is CC(C)(C)NC(=O)N[C@H](C(=O)N1CC2[C@@H]([C@H]1C(=O)NC(CC1CC1)C(=O)C(N)=O)C2(C)C)C(C)(C)C. The Balaban J connectivity index is 1.83. The molecule has 2 aliphatic carbocycles. The van der Waals surface area contributed by atoms with Gasteiger partial charge in [0.1, 0.15) is 12.1 Å². The first kappa shape index (κ1) is 27.9. The largest absolute Gasteiger partial charge is 0.363 e. The number of hydrogen-bond donors (Lipinski definition) is 4. The highest BCUT2D eigenvalue weighted by atomic mass is 16.2. The summed E-state index contributed by atoms with van der Waals surface area (Å²) >= 11 is 0. The van der Waals surface area contributed by atoms with Crippen molar-refractivity contribution in [1.29, 1.82) is 0 Å². The molecule has 2 saturated carbocycles. The Morgan fingerprint density at radius 2 is 1.58 bits per heavy atom. The van der Waals surface area contributed by atoms with E-state index in [-0.39, 0.29) is 29.1 Å². The highest BCUT2D eigenvalue weighted by Crippen LogP contribution is 2.65. The molecule has 3 rings (SSSR count). The molecule has 1 aliphatic heterocycles. The molecule has 5 N–H and O–H groups in total. The summed E-state index contributed by atoms with van der Waals surface area (Å²) in [6, 6.07) is -3.12. The molecule has 5 atom stereocenters. The summed E-state index contributed by atoms with van der Waals surface area (Å²) in [5.74, 6) is -2.34. The van der Waals surface area contributed by atoms with Gasteiger partial charge in [-0.3, -0.25) is 19.2 Å². The van der Waals surface area contributed by atoms with E-state index in [2.05, 4.69) is 29.8 Å². The number of nitrogens with zero attached hydrogens (tertiary/aromatic N) is 1. The first-order valence-electron chi connectivity index (χ1n) is 12.9. The number of Topliss-reactive ketones (excluding diaryl/α,β-unsaturated/α-hetero) is 1. The maximum atomic E-state index is 13.9. The molecule has 10 heteroatoms. The van der Waals surface area contributed by atoms with Crippen molar-refractivity contribution in [1.82, 2.24) is 20.9 Å². The van der Waals surface area contributed by atoms with Crippen LogP contribution < -0.4 is 21.7 Å². The van der Waals surface area contributed by atoms with Crippen LogP contribution in [0.4, 0.5) is 4.79 Å². The second kappa shape index (κ2) is 9.34.